The molecule has 1 saturated heterocycles. The molecule has 0 N–H and O–H groups in total. The second-order valence-electron chi connectivity index (χ2n) is 6.27. The average molecular weight is 372 g/mol. The van der Waals surface area contributed by atoms with Gasteiger partial charge in [0.05, 0.1) is 5.69 Å². The van der Waals surface area contributed by atoms with E-state index in [0.29, 0.717) is 34.7 Å². The van der Waals surface area contributed by atoms with Crippen LogP contribution >= 0.6 is 11.6 Å². The molecule has 1 unspecified atom stereocenters. The average Bonchev–Trinajstić information content (AvgIpc) is 3.05. The lowest BCUT2D eigenvalue weighted by molar-refractivity contribution is -0.0423. The molecule has 1 fully saturated rings. The van der Waals surface area contributed by atoms with Crippen molar-refractivity contribution in [2.75, 3.05) is 6.61 Å². The first-order valence-electron chi connectivity index (χ1n) is 8.57. The highest BCUT2D eigenvalue weighted by Gasteiger charge is 2.21. The maximum Gasteiger partial charge on any atom is 0.269 e. The zero-order valence-corrected chi connectivity index (χ0v) is 15.1. The molecule has 6 nitrogen and oxygen atoms in total. The summed E-state index contributed by atoms with van der Waals surface area (Å²) in [5, 5.41) is 5.08. The largest absolute Gasteiger partial charge is 0.434 e. The summed E-state index contributed by atoms with van der Waals surface area (Å²) in [4.78, 5) is 16.7. The number of oxazole rings is 1. The Morgan fingerprint density at radius 1 is 1.23 bits per heavy atom. The van der Waals surface area contributed by atoms with Crippen LogP contribution in [0.1, 0.15) is 31.2 Å². The van der Waals surface area contributed by atoms with Crippen molar-refractivity contribution >= 4 is 11.6 Å². The highest BCUT2D eigenvalue weighted by Crippen LogP contribution is 2.29. The fourth-order valence-corrected chi connectivity index (χ4v) is 3.24. The number of aryl methyl sites for hydroxylation is 1. The molecule has 3 heterocycles. The molecule has 0 saturated carbocycles. The molecule has 3 aromatic rings. The molecular weight excluding hydrogens is 354 g/mol. The third-order valence-corrected chi connectivity index (χ3v) is 4.59. The predicted octanol–water partition coefficient (Wildman–Crippen LogP) is 4.23. The van der Waals surface area contributed by atoms with Crippen molar-refractivity contribution in [3.63, 3.8) is 0 Å². The van der Waals surface area contributed by atoms with Crippen LogP contribution in [0.4, 0.5) is 0 Å². The Labute approximate surface area is 155 Å². The van der Waals surface area contributed by atoms with Gasteiger partial charge >= 0.3 is 0 Å². The number of hydrogen-bond donors (Lipinski definition) is 0. The molecule has 0 bridgehead atoms. The highest BCUT2D eigenvalue weighted by atomic mass is 35.5. The summed E-state index contributed by atoms with van der Waals surface area (Å²) in [7, 11) is 0. The zero-order valence-electron chi connectivity index (χ0n) is 14.3. The number of benzene rings is 1. The second kappa shape index (κ2) is 7.05. The van der Waals surface area contributed by atoms with Crippen LogP contribution in [0.25, 0.3) is 22.9 Å². The van der Waals surface area contributed by atoms with Gasteiger partial charge in [0.2, 0.25) is 5.89 Å². The van der Waals surface area contributed by atoms with E-state index in [1.54, 1.807) is 18.2 Å². The van der Waals surface area contributed by atoms with E-state index in [-0.39, 0.29) is 11.8 Å². The molecule has 1 aliphatic rings. The van der Waals surface area contributed by atoms with Gasteiger partial charge in [-0.05, 0) is 50.5 Å². The summed E-state index contributed by atoms with van der Waals surface area (Å²) in [6.45, 7) is 2.49. The first-order chi connectivity index (χ1) is 12.6. The minimum Gasteiger partial charge on any atom is -0.434 e. The van der Waals surface area contributed by atoms with Crippen LogP contribution in [0.15, 0.2) is 45.6 Å². The number of hydrogen-bond acceptors (Lipinski definition) is 5. The first kappa shape index (κ1) is 17.0. The van der Waals surface area contributed by atoms with Gasteiger partial charge in [0.1, 0.15) is 5.69 Å². The van der Waals surface area contributed by atoms with E-state index in [1.165, 1.54) is 10.7 Å². The van der Waals surface area contributed by atoms with E-state index >= 15 is 0 Å². The van der Waals surface area contributed by atoms with Gasteiger partial charge in [-0.25, -0.2) is 9.67 Å². The number of aromatic nitrogens is 3. The second-order valence-corrected chi connectivity index (χ2v) is 6.70. The predicted molar refractivity (Wildman–Crippen MR) is 98.0 cm³/mol. The summed E-state index contributed by atoms with van der Waals surface area (Å²) in [6.07, 6.45) is 2.48. The molecule has 0 aliphatic carbocycles. The lowest BCUT2D eigenvalue weighted by Gasteiger charge is -2.23. The zero-order chi connectivity index (χ0) is 18.1. The van der Waals surface area contributed by atoms with Crippen LogP contribution < -0.4 is 5.56 Å². The van der Waals surface area contributed by atoms with Gasteiger partial charge in [-0.2, -0.15) is 5.10 Å². The van der Waals surface area contributed by atoms with Gasteiger partial charge in [-0.1, -0.05) is 17.7 Å². The van der Waals surface area contributed by atoms with Gasteiger partial charge in [0.15, 0.2) is 12.0 Å². The normalized spacial score (nSPS) is 17.4. The highest BCUT2D eigenvalue weighted by molar-refractivity contribution is 6.30. The molecule has 1 aliphatic heterocycles. The van der Waals surface area contributed by atoms with Crippen molar-refractivity contribution in [1.29, 1.82) is 0 Å². The molecular formula is C19H18ClN3O3. The summed E-state index contributed by atoms with van der Waals surface area (Å²) in [6, 6.07) is 10.4. The van der Waals surface area contributed by atoms with Crippen molar-refractivity contribution in [1.82, 2.24) is 14.8 Å². The summed E-state index contributed by atoms with van der Waals surface area (Å²) in [5.41, 5.74) is 1.85. The number of rotatable bonds is 3. The molecule has 1 aromatic carbocycles. The molecule has 7 heteroatoms. The Balaban J connectivity index is 1.73. The van der Waals surface area contributed by atoms with Crippen LogP contribution in [0, 0.1) is 6.92 Å². The minimum absolute atomic E-state index is 0.187. The van der Waals surface area contributed by atoms with E-state index in [1.807, 2.05) is 19.1 Å². The Bertz CT molecular complexity index is 990. The third-order valence-electron chi connectivity index (χ3n) is 4.35. The van der Waals surface area contributed by atoms with Gasteiger partial charge in [-0.15, -0.1) is 0 Å². The van der Waals surface area contributed by atoms with Crippen molar-refractivity contribution in [3.05, 3.63) is 57.5 Å². The standard InChI is InChI=1S/C19H18ClN3O3/c1-12-18(26-19(21-12)13-5-4-6-14(20)11-13)15-8-9-16(24)23(22-15)17-7-2-3-10-25-17/h4-6,8-9,11,17H,2-3,7,10H2,1H3. The smallest absolute Gasteiger partial charge is 0.269 e. The third kappa shape index (κ3) is 3.30. The Morgan fingerprint density at radius 3 is 2.88 bits per heavy atom. The number of ether oxygens (including phenoxy) is 1. The van der Waals surface area contributed by atoms with Crippen LogP contribution in [-0.2, 0) is 4.74 Å². The quantitative estimate of drug-likeness (QED) is 0.689. The van der Waals surface area contributed by atoms with Gasteiger partial charge in [0, 0.05) is 23.3 Å². The Morgan fingerprint density at radius 2 is 2.12 bits per heavy atom. The molecule has 26 heavy (non-hydrogen) atoms. The lowest BCUT2D eigenvalue weighted by atomic mass is 10.2. The molecule has 0 radical (unpaired) electrons. The van der Waals surface area contributed by atoms with Crippen molar-refractivity contribution in [3.8, 4) is 22.9 Å². The van der Waals surface area contributed by atoms with Gasteiger partial charge in [-0.3, -0.25) is 4.79 Å². The lowest BCUT2D eigenvalue weighted by Crippen LogP contribution is -2.30. The van der Waals surface area contributed by atoms with E-state index in [2.05, 4.69) is 10.1 Å². The molecule has 1 atom stereocenters. The molecule has 4 rings (SSSR count). The monoisotopic (exact) mass is 371 g/mol. The van der Waals surface area contributed by atoms with Crippen LogP contribution in [-0.4, -0.2) is 21.4 Å². The first-order valence-corrected chi connectivity index (χ1v) is 8.95. The molecule has 0 spiro atoms. The van der Waals surface area contributed by atoms with E-state index in [4.69, 9.17) is 20.8 Å². The molecule has 2 aromatic heterocycles. The van der Waals surface area contributed by atoms with Crippen LogP contribution in [0.3, 0.4) is 0 Å². The van der Waals surface area contributed by atoms with Crippen molar-refractivity contribution in [2.45, 2.75) is 32.4 Å². The molecule has 134 valence electrons. The summed E-state index contributed by atoms with van der Waals surface area (Å²) in [5.74, 6) is 0.998. The maximum atomic E-state index is 12.2. The van der Waals surface area contributed by atoms with Gasteiger partial charge in [0.25, 0.3) is 5.56 Å². The number of nitrogens with zero attached hydrogens (tertiary/aromatic N) is 3. The summed E-state index contributed by atoms with van der Waals surface area (Å²) < 4.78 is 13.0. The van der Waals surface area contributed by atoms with Crippen molar-refractivity contribution in [2.24, 2.45) is 0 Å². The maximum absolute atomic E-state index is 12.2. The van der Waals surface area contributed by atoms with E-state index in [9.17, 15) is 4.79 Å². The van der Waals surface area contributed by atoms with Crippen LogP contribution in [0.2, 0.25) is 5.02 Å². The minimum atomic E-state index is -0.327. The topological polar surface area (TPSA) is 70.2 Å². The van der Waals surface area contributed by atoms with E-state index < -0.39 is 0 Å². The fourth-order valence-electron chi connectivity index (χ4n) is 3.05. The van der Waals surface area contributed by atoms with Crippen molar-refractivity contribution < 1.29 is 9.15 Å². The van der Waals surface area contributed by atoms with Crippen LogP contribution in [0.5, 0.6) is 0 Å². The Kier molecular flexibility index (Phi) is 4.61. The summed E-state index contributed by atoms with van der Waals surface area (Å²) >= 11 is 6.05. The van der Waals surface area contributed by atoms with E-state index in [0.717, 1.165) is 24.8 Å². The number of halogens is 1. The van der Waals surface area contributed by atoms with Gasteiger partial charge < -0.3 is 9.15 Å². The Hall–Kier alpha value is -2.44. The molecule has 0 amide bonds. The SMILES string of the molecule is Cc1nc(-c2cccc(Cl)c2)oc1-c1ccc(=O)n(C2CCCCO2)n1. The fraction of sp³-hybridized carbons (Fsp3) is 0.316.